The van der Waals surface area contributed by atoms with Gasteiger partial charge in [-0.15, -0.1) is 0 Å². The second-order valence-electron chi connectivity index (χ2n) is 4.37. The minimum atomic E-state index is -0.634. The molecule has 96 valence electrons. The standard InChI is InChI=1S/C12H12ClFN2O2/c1-15(2)3-4-16-10-6-9(14)8(13)5-7(10)11(17)12(16)18/h5-6H,3-4H2,1-2H3. The highest BCUT2D eigenvalue weighted by atomic mass is 35.5. The van der Waals surface area contributed by atoms with Crippen molar-refractivity contribution in [3.05, 3.63) is 28.5 Å². The molecule has 0 radical (unpaired) electrons. The van der Waals surface area contributed by atoms with E-state index >= 15 is 0 Å². The van der Waals surface area contributed by atoms with Gasteiger partial charge in [-0.3, -0.25) is 9.59 Å². The fourth-order valence-electron chi connectivity index (χ4n) is 1.81. The smallest absolute Gasteiger partial charge is 0.299 e. The predicted molar refractivity (Wildman–Crippen MR) is 66.6 cm³/mol. The molecule has 0 bridgehead atoms. The number of halogens is 2. The zero-order valence-corrected chi connectivity index (χ0v) is 10.8. The number of fused-ring (bicyclic) bond motifs is 1. The highest BCUT2D eigenvalue weighted by molar-refractivity contribution is 6.52. The van der Waals surface area contributed by atoms with E-state index in [1.807, 2.05) is 19.0 Å². The number of amides is 1. The molecule has 0 saturated heterocycles. The van der Waals surface area contributed by atoms with Crippen LogP contribution in [0.4, 0.5) is 10.1 Å². The first-order valence-corrected chi connectivity index (χ1v) is 5.79. The quantitative estimate of drug-likeness (QED) is 0.783. The van der Waals surface area contributed by atoms with Gasteiger partial charge in [0.1, 0.15) is 5.82 Å². The van der Waals surface area contributed by atoms with E-state index in [1.54, 1.807) is 0 Å². The summed E-state index contributed by atoms with van der Waals surface area (Å²) in [5.74, 6) is -1.90. The fourth-order valence-corrected chi connectivity index (χ4v) is 1.97. The summed E-state index contributed by atoms with van der Waals surface area (Å²) in [4.78, 5) is 26.7. The monoisotopic (exact) mass is 270 g/mol. The van der Waals surface area contributed by atoms with Gasteiger partial charge >= 0.3 is 0 Å². The Hall–Kier alpha value is -1.46. The van der Waals surface area contributed by atoms with E-state index in [4.69, 9.17) is 11.6 Å². The first kappa shape index (κ1) is 13.0. The Kier molecular flexibility index (Phi) is 3.36. The molecule has 0 atom stereocenters. The minimum Gasteiger partial charge on any atom is -0.308 e. The van der Waals surface area contributed by atoms with Crippen molar-refractivity contribution >= 4 is 29.0 Å². The highest BCUT2D eigenvalue weighted by Gasteiger charge is 2.36. The van der Waals surface area contributed by atoms with Crippen LogP contribution in [-0.2, 0) is 4.79 Å². The second-order valence-corrected chi connectivity index (χ2v) is 4.78. The molecular weight excluding hydrogens is 259 g/mol. The maximum atomic E-state index is 13.4. The topological polar surface area (TPSA) is 40.6 Å². The molecule has 6 heteroatoms. The molecule has 0 unspecified atom stereocenters. The summed E-state index contributed by atoms with van der Waals surface area (Å²) < 4.78 is 13.4. The van der Waals surface area contributed by atoms with Crippen LogP contribution in [0.25, 0.3) is 0 Å². The van der Waals surface area contributed by atoms with Crippen molar-refractivity contribution in [2.45, 2.75) is 0 Å². The van der Waals surface area contributed by atoms with Crippen LogP contribution in [-0.4, -0.2) is 43.8 Å². The van der Waals surface area contributed by atoms with E-state index in [2.05, 4.69) is 0 Å². The summed E-state index contributed by atoms with van der Waals surface area (Å²) in [5, 5.41) is -0.149. The molecule has 0 aromatic heterocycles. The number of carbonyl (C=O) groups is 2. The Balaban J connectivity index is 2.38. The summed E-state index contributed by atoms with van der Waals surface area (Å²) in [5.41, 5.74) is 0.471. The lowest BCUT2D eigenvalue weighted by molar-refractivity contribution is -0.114. The van der Waals surface area contributed by atoms with Gasteiger partial charge in [-0.25, -0.2) is 4.39 Å². The van der Waals surface area contributed by atoms with E-state index in [1.165, 1.54) is 11.0 Å². The molecule has 0 fully saturated rings. The molecule has 0 N–H and O–H groups in total. The SMILES string of the molecule is CN(C)CCN1C(=O)C(=O)c2cc(Cl)c(F)cc21. The van der Waals surface area contributed by atoms with E-state index in [9.17, 15) is 14.0 Å². The molecule has 1 aromatic rings. The van der Waals surface area contributed by atoms with Gasteiger partial charge in [0.25, 0.3) is 11.7 Å². The van der Waals surface area contributed by atoms with E-state index < -0.39 is 17.5 Å². The highest BCUT2D eigenvalue weighted by Crippen LogP contribution is 2.32. The van der Waals surface area contributed by atoms with Crippen LogP contribution >= 0.6 is 11.6 Å². The lowest BCUT2D eigenvalue weighted by Gasteiger charge is -2.19. The molecule has 1 amide bonds. The lowest BCUT2D eigenvalue weighted by atomic mass is 10.1. The number of benzene rings is 1. The summed E-state index contributed by atoms with van der Waals surface area (Å²) in [7, 11) is 3.71. The largest absolute Gasteiger partial charge is 0.308 e. The zero-order valence-electron chi connectivity index (χ0n) is 10.0. The van der Waals surface area contributed by atoms with Crippen molar-refractivity contribution < 1.29 is 14.0 Å². The number of carbonyl (C=O) groups excluding carboxylic acids is 2. The fraction of sp³-hybridized carbons (Fsp3) is 0.333. The van der Waals surface area contributed by atoms with Crippen molar-refractivity contribution in [3.8, 4) is 0 Å². The van der Waals surface area contributed by atoms with E-state index in [0.29, 0.717) is 18.8 Å². The maximum absolute atomic E-state index is 13.4. The van der Waals surface area contributed by atoms with Crippen LogP contribution in [0.5, 0.6) is 0 Å². The normalized spacial score (nSPS) is 14.6. The number of ketones is 1. The molecular formula is C12H12ClFN2O2. The Bertz CT molecular complexity index is 531. The van der Waals surface area contributed by atoms with Crippen LogP contribution in [0.3, 0.4) is 0 Å². The van der Waals surface area contributed by atoms with Gasteiger partial charge in [0.15, 0.2) is 0 Å². The number of anilines is 1. The maximum Gasteiger partial charge on any atom is 0.299 e. The van der Waals surface area contributed by atoms with Gasteiger partial charge in [0.05, 0.1) is 16.3 Å². The molecule has 0 spiro atoms. The average Bonchev–Trinajstić information content (AvgIpc) is 2.51. The van der Waals surface area contributed by atoms with E-state index in [0.717, 1.165) is 6.07 Å². The number of Topliss-reactive ketones (excluding diaryl/α,β-unsaturated/α-hetero) is 1. The molecule has 0 aliphatic carbocycles. The average molecular weight is 271 g/mol. The Morgan fingerprint density at radius 1 is 1.33 bits per heavy atom. The van der Waals surface area contributed by atoms with Crippen LogP contribution < -0.4 is 4.90 Å². The number of nitrogens with zero attached hydrogens (tertiary/aromatic N) is 2. The first-order valence-electron chi connectivity index (χ1n) is 5.42. The molecule has 1 aromatic carbocycles. The Morgan fingerprint density at radius 2 is 2.00 bits per heavy atom. The van der Waals surface area contributed by atoms with Gasteiger partial charge < -0.3 is 9.80 Å². The molecule has 1 aliphatic heterocycles. The van der Waals surface area contributed by atoms with Crippen LogP contribution in [0.2, 0.25) is 5.02 Å². The zero-order chi connectivity index (χ0) is 13.4. The van der Waals surface area contributed by atoms with Gasteiger partial charge in [0, 0.05) is 13.1 Å². The van der Waals surface area contributed by atoms with Crippen molar-refractivity contribution in [2.75, 3.05) is 32.1 Å². The van der Waals surface area contributed by atoms with E-state index in [-0.39, 0.29) is 10.6 Å². The molecule has 1 heterocycles. The van der Waals surface area contributed by atoms with Crippen LogP contribution in [0, 0.1) is 5.82 Å². The molecule has 4 nitrogen and oxygen atoms in total. The van der Waals surface area contributed by atoms with Gasteiger partial charge in [-0.2, -0.15) is 0 Å². The number of likely N-dealkylation sites (N-methyl/N-ethyl adjacent to an activating group) is 1. The van der Waals surface area contributed by atoms with Crippen molar-refractivity contribution in [3.63, 3.8) is 0 Å². The summed E-state index contributed by atoms with van der Waals surface area (Å²) in [6, 6.07) is 2.35. The van der Waals surface area contributed by atoms with Gasteiger partial charge in [-0.1, -0.05) is 11.6 Å². The summed E-state index contributed by atoms with van der Waals surface area (Å²) >= 11 is 5.62. The number of rotatable bonds is 3. The molecule has 1 aliphatic rings. The van der Waals surface area contributed by atoms with Gasteiger partial charge in [0.2, 0.25) is 0 Å². The van der Waals surface area contributed by atoms with Crippen LogP contribution in [0.1, 0.15) is 10.4 Å². The third kappa shape index (κ3) is 2.11. The third-order valence-corrected chi connectivity index (χ3v) is 3.07. The Labute approximate surface area is 109 Å². The molecule has 0 saturated carbocycles. The molecule has 2 rings (SSSR count). The van der Waals surface area contributed by atoms with Crippen molar-refractivity contribution in [2.24, 2.45) is 0 Å². The first-order chi connectivity index (χ1) is 8.41. The minimum absolute atomic E-state index is 0.149. The number of hydrogen-bond donors (Lipinski definition) is 0. The van der Waals surface area contributed by atoms with Crippen molar-refractivity contribution in [1.82, 2.24) is 4.90 Å². The lowest BCUT2D eigenvalue weighted by Crippen LogP contribution is -2.35. The van der Waals surface area contributed by atoms with Crippen LogP contribution in [0.15, 0.2) is 12.1 Å². The predicted octanol–water partition coefficient (Wildman–Crippen LogP) is 1.57. The summed E-state index contributed by atoms with van der Waals surface area (Å²) in [6.07, 6.45) is 0. The Morgan fingerprint density at radius 3 is 2.61 bits per heavy atom. The van der Waals surface area contributed by atoms with Crippen molar-refractivity contribution in [1.29, 1.82) is 0 Å². The van der Waals surface area contributed by atoms with Gasteiger partial charge in [-0.05, 0) is 26.2 Å². The third-order valence-electron chi connectivity index (χ3n) is 2.78. The number of hydrogen-bond acceptors (Lipinski definition) is 3. The molecule has 18 heavy (non-hydrogen) atoms. The summed E-state index contributed by atoms with van der Waals surface area (Å²) in [6.45, 7) is 0.925. The second kappa shape index (κ2) is 4.66.